The molecule has 0 saturated heterocycles. The molecule has 1 N–H and O–H groups in total. The second kappa shape index (κ2) is 9.43. The minimum absolute atomic E-state index is 0.241. The topological polar surface area (TPSA) is 54.6 Å². The van der Waals surface area contributed by atoms with Crippen LogP contribution in [-0.4, -0.2) is 21.9 Å². The first-order valence-electron chi connectivity index (χ1n) is 11.0. The molecule has 4 heteroatoms. The van der Waals surface area contributed by atoms with E-state index in [9.17, 15) is 4.79 Å². The molecule has 4 aromatic carbocycles. The van der Waals surface area contributed by atoms with Gasteiger partial charge in [0.05, 0.1) is 22.6 Å². The van der Waals surface area contributed by atoms with Gasteiger partial charge in [-0.1, -0.05) is 78.9 Å². The molecule has 0 atom stereocenters. The summed E-state index contributed by atoms with van der Waals surface area (Å²) in [6, 6.07) is 39.6. The van der Waals surface area contributed by atoms with E-state index in [0.29, 0.717) is 5.69 Å². The van der Waals surface area contributed by atoms with Crippen molar-refractivity contribution < 1.29 is 9.90 Å². The molecule has 34 heavy (non-hydrogen) atoms. The second-order valence-electron chi connectivity index (χ2n) is 7.85. The Morgan fingerprint density at radius 3 is 1.85 bits per heavy atom. The van der Waals surface area contributed by atoms with Crippen molar-refractivity contribution in [2.75, 3.05) is 0 Å². The van der Waals surface area contributed by atoms with Gasteiger partial charge in [0.2, 0.25) is 0 Å². The van der Waals surface area contributed by atoms with Crippen molar-refractivity contribution in [1.29, 1.82) is 0 Å². The second-order valence-corrected chi connectivity index (χ2v) is 7.85. The number of para-hydroxylation sites is 1. The number of carboxylic acids is 1. The molecule has 0 spiro atoms. The highest BCUT2D eigenvalue weighted by molar-refractivity contribution is 5.95. The molecule has 0 fully saturated rings. The molecule has 0 amide bonds. The molecular weight excluding hydrogens is 420 g/mol. The third kappa shape index (κ3) is 4.30. The number of aromatic nitrogens is 1. The highest BCUT2D eigenvalue weighted by Gasteiger charge is 2.18. The van der Waals surface area contributed by atoms with E-state index in [0.717, 1.165) is 33.8 Å². The lowest BCUT2D eigenvalue weighted by Crippen LogP contribution is -2.00. The molecule has 5 aromatic rings. The lowest BCUT2D eigenvalue weighted by atomic mass is 10.1. The van der Waals surface area contributed by atoms with Crippen LogP contribution in [0.5, 0.6) is 0 Å². The van der Waals surface area contributed by atoms with Gasteiger partial charge in [-0.25, -0.2) is 4.79 Å². The fourth-order valence-electron chi connectivity index (χ4n) is 4.02. The van der Waals surface area contributed by atoms with Crippen molar-refractivity contribution in [3.63, 3.8) is 0 Å². The van der Waals surface area contributed by atoms with Gasteiger partial charge in [0.25, 0.3) is 0 Å². The third-order valence-electron chi connectivity index (χ3n) is 5.63. The van der Waals surface area contributed by atoms with Crippen molar-refractivity contribution in [3.05, 3.63) is 132 Å². The van der Waals surface area contributed by atoms with Crippen LogP contribution < -0.4 is 0 Å². The number of rotatable bonds is 6. The summed E-state index contributed by atoms with van der Waals surface area (Å²) < 4.78 is 2.26. The van der Waals surface area contributed by atoms with E-state index in [4.69, 9.17) is 5.11 Å². The zero-order valence-corrected chi connectivity index (χ0v) is 18.4. The summed E-state index contributed by atoms with van der Waals surface area (Å²) in [7, 11) is 0. The Bertz CT molecular complexity index is 1440. The van der Waals surface area contributed by atoms with Crippen LogP contribution in [0, 0.1) is 0 Å². The van der Waals surface area contributed by atoms with Gasteiger partial charge in [-0.2, -0.15) is 0 Å². The number of aliphatic imine (C=N–C) groups is 1. The molecule has 0 aliphatic heterocycles. The Balaban J connectivity index is 1.71. The van der Waals surface area contributed by atoms with E-state index in [-0.39, 0.29) is 5.56 Å². The lowest BCUT2D eigenvalue weighted by molar-refractivity contribution is 0.0697. The molecule has 0 aliphatic rings. The van der Waals surface area contributed by atoms with E-state index in [1.54, 1.807) is 24.3 Å². The van der Waals surface area contributed by atoms with Gasteiger partial charge in [0.1, 0.15) is 0 Å². The Hall–Kier alpha value is -4.70. The van der Waals surface area contributed by atoms with Gasteiger partial charge < -0.3 is 9.67 Å². The molecule has 0 saturated carbocycles. The largest absolute Gasteiger partial charge is 0.478 e. The number of hydrogen-bond acceptors (Lipinski definition) is 2. The Morgan fingerprint density at radius 1 is 0.706 bits per heavy atom. The van der Waals surface area contributed by atoms with Crippen molar-refractivity contribution in [1.82, 2.24) is 4.57 Å². The summed E-state index contributed by atoms with van der Waals surface area (Å²) >= 11 is 0. The van der Waals surface area contributed by atoms with Crippen LogP contribution in [0.25, 0.3) is 28.2 Å². The van der Waals surface area contributed by atoms with Gasteiger partial charge in [0, 0.05) is 17.5 Å². The number of carbonyl (C=O) groups is 1. The Kier molecular flexibility index (Phi) is 5.87. The third-order valence-corrected chi connectivity index (χ3v) is 5.63. The van der Waals surface area contributed by atoms with Crippen molar-refractivity contribution in [3.8, 4) is 28.2 Å². The SMILES string of the molecule is O=C(O)c1ccc(N=Cc2cc(-c3ccccc3)n(-c3ccccc3)c2-c2ccccc2)cc1. The molecule has 1 aromatic heterocycles. The van der Waals surface area contributed by atoms with E-state index < -0.39 is 5.97 Å². The molecular formula is C30H22N2O2. The van der Waals surface area contributed by atoms with E-state index >= 15 is 0 Å². The molecule has 0 bridgehead atoms. The summed E-state index contributed by atoms with van der Waals surface area (Å²) in [5, 5.41) is 9.15. The first-order valence-corrected chi connectivity index (χ1v) is 11.0. The Morgan fingerprint density at radius 2 is 1.26 bits per heavy atom. The predicted octanol–water partition coefficient (Wildman–Crippen LogP) is 7.26. The van der Waals surface area contributed by atoms with Crippen molar-refractivity contribution in [2.24, 2.45) is 4.99 Å². The molecule has 5 rings (SSSR count). The number of aromatic carboxylic acids is 1. The van der Waals surface area contributed by atoms with Gasteiger partial charge in [-0.05, 0) is 53.6 Å². The van der Waals surface area contributed by atoms with Gasteiger partial charge >= 0.3 is 5.97 Å². The quantitative estimate of drug-likeness (QED) is 0.281. The molecule has 1 heterocycles. The maximum absolute atomic E-state index is 11.2. The van der Waals surface area contributed by atoms with Crippen LogP contribution in [0.1, 0.15) is 15.9 Å². The molecule has 164 valence electrons. The smallest absolute Gasteiger partial charge is 0.335 e. The van der Waals surface area contributed by atoms with Crippen LogP contribution in [-0.2, 0) is 0 Å². The number of benzene rings is 4. The number of nitrogens with zero attached hydrogens (tertiary/aromatic N) is 2. The van der Waals surface area contributed by atoms with E-state index in [1.165, 1.54) is 0 Å². The average Bonchev–Trinajstić information content (AvgIpc) is 3.29. The van der Waals surface area contributed by atoms with Crippen LogP contribution >= 0.6 is 0 Å². The van der Waals surface area contributed by atoms with Gasteiger partial charge in [0.15, 0.2) is 0 Å². The fourth-order valence-corrected chi connectivity index (χ4v) is 4.02. The van der Waals surface area contributed by atoms with Gasteiger partial charge in [-0.3, -0.25) is 4.99 Å². The zero-order chi connectivity index (χ0) is 23.3. The number of carboxylic acid groups (broad SMARTS) is 1. The van der Waals surface area contributed by atoms with Crippen LogP contribution in [0.3, 0.4) is 0 Å². The predicted molar refractivity (Wildman–Crippen MR) is 137 cm³/mol. The van der Waals surface area contributed by atoms with Crippen molar-refractivity contribution >= 4 is 17.9 Å². The fraction of sp³-hybridized carbons (Fsp3) is 0. The molecule has 0 unspecified atom stereocenters. The molecule has 4 nitrogen and oxygen atoms in total. The minimum Gasteiger partial charge on any atom is -0.478 e. The zero-order valence-electron chi connectivity index (χ0n) is 18.4. The van der Waals surface area contributed by atoms with E-state index in [1.807, 2.05) is 60.8 Å². The molecule has 0 aliphatic carbocycles. The summed E-state index contributed by atoms with van der Waals surface area (Å²) in [4.78, 5) is 15.8. The van der Waals surface area contributed by atoms with Gasteiger partial charge in [-0.15, -0.1) is 0 Å². The first kappa shape index (κ1) is 21.2. The Labute approximate surface area is 198 Å². The highest BCUT2D eigenvalue weighted by Crippen LogP contribution is 2.35. The minimum atomic E-state index is -0.950. The maximum Gasteiger partial charge on any atom is 0.335 e. The van der Waals surface area contributed by atoms with E-state index in [2.05, 4.69) is 52.0 Å². The lowest BCUT2D eigenvalue weighted by Gasteiger charge is -2.15. The monoisotopic (exact) mass is 442 g/mol. The average molecular weight is 443 g/mol. The summed E-state index contributed by atoms with van der Waals surface area (Å²) in [6.45, 7) is 0. The first-order chi connectivity index (χ1) is 16.7. The maximum atomic E-state index is 11.2. The standard InChI is InChI=1S/C30H22N2O2/c33-30(34)24-16-18-26(19-17-24)31-21-25-20-28(22-10-4-1-5-11-22)32(27-14-8-3-9-15-27)29(25)23-12-6-2-7-13-23/h1-21H,(H,33,34). The van der Waals surface area contributed by atoms with Crippen LogP contribution in [0.2, 0.25) is 0 Å². The number of hydrogen-bond donors (Lipinski definition) is 1. The van der Waals surface area contributed by atoms with Crippen LogP contribution in [0.4, 0.5) is 5.69 Å². The highest BCUT2D eigenvalue weighted by atomic mass is 16.4. The molecule has 0 radical (unpaired) electrons. The summed E-state index contributed by atoms with van der Waals surface area (Å²) in [6.07, 6.45) is 1.85. The normalized spacial score (nSPS) is 11.1. The summed E-state index contributed by atoms with van der Waals surface area (Å²) in [5.41, 5.74) is 7.25. The van der Waals surface area contributed by atoms with Crippen molar-refractivity contribution in [2.45, 2.75) is 0 Å². The summed E-state index contributed by atoms with van der Waals surface area (Å²) in [5.74, 6) is -0.950. The van der Waals surface area contributed by atoms with Crippen LogP contribution in [0.15, 0.2) is 126 Å².